The Morgan fingerprint density at radius 2 is 2.29 bits per heavy atom. The molecule has 2 atom stereocenters. The summed E-state index contributed by atoms with van der Waals surface area (Å²) in [6.07, 6.45) is 4.91. The number of aliphatic carboxylic acids is 1. The first kappa shape index (κ1) is 18.4. The monoisotopic (exact) mass is 300 g/mol. The molecule has 1 fully saturated rings. The van der Waals surface area contributed by atoms with E-state index in [0.717, 1.165) is 52.1 Å². The summed E-state index contributed by atoms with van der Waals surface area (Å²) >= 11 is 0. The molecule has 21 heavy (non-hydrogen) atoms. The Hall–Kier alpha value is -0.650. The van der Waals surface area contributed by atoms with Gasteiger partial charge in [0.1, 0.15) is 5.54 Å². The van der Waals surface area contributed by atoms with Crippen LogP contribution >= 0.6 is 0 Å². The van der Waals surface area contributed by atoms with Crippen molar-refractivity contribution in [1.29, 1.82) is 0 Å². The average molecular weight is 300 g/mol. The molecule has 1 aliphatic heterocycles. The lowest BCUT2D eigenvalue weighted by Crippen LogP contribution is -2.50. The first-order chi connectivity index (χ1) is 9.98. The number of carbonyl (C=O) groups is 1. The Balaban J connectivity index is 2.27. The van der Waals surface area contributed by atoms with Gasteiger partial charge in [0.25, 0.3) is 0 Å². The van der Waals surface area contributed by atoms with Crippen molar-refractivity contribution in [2.45, 2.75) is 51.5 Å². The van der Waals surface area contributed by atoms with Crippen molar-refractivity contribution >= 4 is 5.97 Å². The van der Waals surface area contributed by atoms with E-state index in [1.54, 1.807) is 6.92 Å². The molecule has 5 heteroatoms. The summed E-state index contributed by atoms with van der Waals surface area (Å²) < 4.78 is 5.50. The maximum Gasteiger partial charge on any atom is 0.323 e. The SMILES string of the molecule is CCCNC(C)(CCCN(C)CC1CCCOC1)C(=O)O. The number of nitrogens with one attached hydrogen (secondary N) is 1. The molecule has 0 radical (unpaired) electrons. The molecular formula is C16H32N2O3. The predicted molar refractivity (Wildman–Crippen MR) is 84.6 cm³/mol. The quantitative estimate of drug-likeness (QED) is 0.646. The summed E-state index contributed by atoms with van der Waals surface area (Å²) in [5.41, 5.74) is -0.801. The van der Waals surface area contributed by atoms with Crippen LogP contribution in [0.5, 0.6) is 0 Å². The van der Waals surface area contributed by atoms with Crippen molar-refractivity contribution in [3.8, 4) is 0 Å². The van der Waals surface area contributed by atoms with E-state index < -0.39 is 11.5 Å². The number of carboxylic acids is 1. The third-order valence-corrected chi connectivity index (χ3v) is 4.28. The summed E-state index contributed by atoms with van der Waals surface area (Å²) in [6.45, 7) is 8.35. The number of nitrogens with zero attached hydrogens (tertiary/aromatic N) is 1. The van der Waals surface area contributed by atoms with Crippen LogP contribution in [0, 0.1) is 5.92 Å². The van der Waals surface area contributed by atoms with Crippen LogP contribution in [0.25, 0.3) is 0 Å². The van der Waals surface area contributed by atoms with E-state index in [2.05, 4.69) is 24.2 Å². The fourth-order valence-corrected chi connectivity index (χ4v) is 2.86. The fourth-order valence-electron chi connectivity index (χ4n) is 2.86. The lowest BCUT2D eigenvalue weighted by atomic mass is 9.95. The van der Waals surface area contributed by atoms with Gasteiger partial charge in [0.15, 0.2) is 0 Å². The highest BCUT2D eigenvalue weighted by atomic mass is 16.5. The van der Waals surface area contributed by atoms with Gasteiger partial charge < -0.3 is 20.1 Å². The third-order valence-electron chi connectivity index (χ3n) is 4.28. The van der Waals surface area contributed by atoms with Gasteiger partial charge >= 0.3 is 5.97 Å². The number of hydrogen-bond donors (Lipinski definition) is 2. The number of hydrogen-bond acceptors (Lipinski definition) is 4. The zero-order valence-corrected chi connectivity index (χ0v) is 13.9. The maximum atomic E-state index is 11.4. The Morgan fingerprint density at radius 1 is 1.52 bits per heavy atom. The van der Waals surface area contributed by atoms with Crippen LogP contribution in [0.2, 0.25) is 0 Å². The van der Waals surface area contributed by atoms with Crippen molar-refractivity contribution in [2.24, 2.45) is 5.92 Å². The standard InChI is InChI=1S/C16H32N2O3/c1-4-9-17-16(2,15(19)20)8-6-10-18(3)12-14-7-5-11-21-13-14/h14,17H,4-13H2,1-3H3,(H,19,20). The van der Waals surface area contributed by atoms with Crippen LogP contribution in [0.3, 0.4) is 0 Å². The van der Waals surface area contributed by atoms with E-state index in [1.807, 2.05) is 0 Å². The Bertz CT molecular complexity index is 306. The highest BCUT2D eigenvalue weighted by Crippen LogP contribution is 2.16. The number of rotatable bonds is 10. The van der Waals surface area contributed by atoms with Crippen molar-refractivity contribution in [2.75, 3.05) is 39.9 Å². The van der Waals surface area contributed by atoms with Gasteiger partial charge in [-0.15, -0.1) is 0 Å². The van der Waals surface area contributed by atoms with Crippen LogP contribution < -0.4 is 5.32 Å². The molecule has 1 rings (SSSR count). The zero-order valence-electron chi connectivity index (χ0n) is 13.9. The molecule has 2 unspecified atom stereocenters. The normalized spacial score (nSPS) is 22.2. The number of ether oxygens (including phenoxy) is 1. The first-order valence-corrected chi connectivity index (χ1v) is 8.22. The molecule has 0 aliphatic carbocycles. The van der Waals surface area contributed by atoms with Gasteiger partial charge in [0, 0.05) is 13.2 Å². The van der Waals surface area contributed by atoms with Crippen molar-refractivity contribution in [3.05, 3.63) is 0 Å². The second-order valence-electron chi connectivity index (χ2n) is 6.51. The molecule has 1 aliphatic rings. The van der Waals surface area contributed by atoms with Gasteiger partial charge in [-0.1, -0.05) is 6.92 Å². The van der Waals surface area contributed by atoms with Gasteiger partial charge in [-0.25, -0.2) is 0 Å². The molecular weight excluding hydrogens is 268 g/mol. The molecule has 2 N–H and O–H groups in total. The largest absolute Gasteiger partial charge is 0.480 e. The lowest BCUT2D eigenvalue weighted by Gasteiger charge is -2.29. The molecule has 0 aromatic carbocycles. The summed E-state index contributed by atoms with van der Waals surface area (Å²) in [5.74, 6) is -0.118. The minimum absolute atomic E-state index is 0.632. The molecule has 0 spiro atoms. The van der Waals surface area contributed by atoms with E-state index in [-0.39, 0.29) is 0 Å². The van der Waals surface area contributed by atoms with E-state index in [4.69, 9.17) is 4.74 Å². The molecule has 0 saturated carbocycles. The smallest absolute Gasteiger partial charge is 0.323 e. The van der Waals surface area contributed by atoms with Crippen LogP contribution in [-0.4, -0.2) is 61.4 Å². The molecule has 0 aromatic rings. The second-order valence-corrected chi connectivity index (χ2v) is 6.51. The molecule has 0 bridgehead atoms. The molecule has 124 valence electrons. The molecule has 0 amide bonds. The summed E-state index contributed by atoms with van der Waals surface area (Å²) in [6, 6.07) is 0. The fraction of sp³-hybridized carbons (Fsp3) is 0.938. The second kappa shape index (κ2) is 9.38. The van der Waals surface area contributed by atoms with Crippen LogP contribution in [0.4, 0.5) is 0 Å². The van der Waals surface area contributed by atoms with E-state index >= 15 is 0 Å². The van der Waals surface area contributed by atoms with E-state index in [1.165, 1.54) is 6.42 Å². The topological polar surface area (TPSA) is 61.8 Å². The molecule has 1 saturated heterocycles. The van der Waals surface area contributed by atoms with Gasteiger partial charge in [-0.05, 0) is 65.1 Å². The summed E-state index contributed by atoms with van der Waals surface area (Å²) in [7, 11) is 2.12. The summed E-state index contributed by atoms with van der Waals surface area (Å²) in [4.78, 5) is 13.7. The highest BCUT2D eigenvalue weighted by molar-refractivity contribution is 5.78. The van der Waals surface area contributed by atoms with Gasteiger partial charge in [0.05, 0.1) is 6.61 Å². The zero-order chi connectivity index (χ0) is 15.7. The van der Waals surface area contributed by atoms with Crippen LogP contribution in [0.1, 0.15) is 46.0 Å². The van der Waals surface area contributed by atoms with Crippen molar-refractivity contribution < 1.29 is 14.6 Å². The molecule has 1 heterocycles. The molecule has 5 nitrogen and oxygen atoms in total. The average Bonchev–Trinajstić information content (AvgIpc) is 2.46. The van der Waals surface area contributed by atoms with Crippen LogP contribution in [-0.2, 0) is 9.53 Å². The maximum absolute atomic E-state index is 11.4. The summed E-state index contributed by atoms with van der Waals surface area (Å²) in [5, 5.41) is 12.6. The van der Waals surface area contributed by atoms with Crippen LogP contribution in [0.15, 0.2) is 0 Å². The van der Waals surface area contributed by atoms with E-state index in [9.17, 15) is 9.90 Å². The van der Waals surface area contributed by atoms with Gasteiger partial charge in [-0.2, -0.15) is 0 Å². The minimum Gasteiger partial charge on any atom is -0.480 e. The Morgan fingerprint density at radius 3 is 2.86 bits per heavy atom. The Kier molecular flexibility index (Phi) is 8.22. The Labute approximate surface area is 129 Å². The van der Waals surface area contributed by atoms with Gasteiger partial charge in [-0.3, -0.25) is 4.79 Å². The predicted octanol–water partition coefficient (Wildman–Crippen LogP) is 1.97. The lowest BCUT2D eigenvalue weighted by molar-refractivity contribution is -0.144. The van der Waals surface area contributed by atoms with Crippen molar-refractivity contribution in [1.82, 2.24) is 10.2 Å². The number of carboxylic acid groups (broad SMARTS) is 1. The minimum atomic E-state index is -0.801. The highest BCUT2D eigenvalue weighted by Gasteiger charge is 2.31. The van der Waals surface area contributed by atoms with Crippen molar-refractivity contribution in [3.63, 3.8) is 0 Å². The van der Waals surface area contributed by atoms with E-state index in [0.29, 0.717) is 12.3 Å². The first-order valence-electron chi connectivity index (χ1n) is 8.22. The molecule has 0 aromatic heterocycles. The van der Waals surface area contributed by atoms with Gasteiger partial charge in [0.2, 0.25) is 0 Å². The third kappa shape index (κ3) is 6.76.